The van der Waals surface area contributed by atoms with Crippen molar-refractivity contribution in [3.63, 3.8) is 0 Å². The van der Waals surface area contributed by atoms with Crippen molar-refractivity contribution < 1.29 is 32.2 Å². The molecule has 0 saturated carbocycles. The summed E-state index contributed by atoms with van der Waals surface area (Å²) in [7, 11) is 0. The molecule has 0 bridgehead atoms. The molecule has 0 atom stereocenters. The molecule has 0 fully saturated rings. The number of benzene rings is 1. The molecule has 0 radical (unpaired) electrons. The fraction of sp³-hybridized carbons (Fsp3) is 0.692. The highest BCUT2D eigenvalue weighted by atomic mass is 19.2. The average molecular weight is 473 g/mol. The number of unbranched alkanes of at least 4 members (excludes halogenated alkanes) is 12. The molecule has 0 amide bonds. The first-order chi connectivity index (χ1) is 16.0. The van der Waals surface area contributed by atoms with Crippen LogP contribution >= 0.6 is 0 Å². The molecular weight excluding hydrogens is 433 g/mol. The summed E-state index contributed by atoms with van der Waals surface area (Å²) >= 11 is 0. The van der Waals surface area contributed by atoms with Crippen molar-refractivity contribution in [2.75, 3.05) is 6.61 Å². The van der Waals surface area contributed by atoms with Crippen molar-refractivity contribution in [1.82, 2.24) is 0 Å². The summed E-state index contributed by atoms with van der Waals surface area (Å²) in [6.45, 7) is 1.81. The molecule has 7 heteroatoms. The topological polar surface area (TPSA) is 52.6 Å². The van der Waals surface area contributed by atoms with Gasteiger partial charge in [0.2, 0.25) is 0 Å². The summed E-state index contributed by atoms with van der Waals surface area (Å²) in [5.74, 6) is -4.94. The minimum atomic E-state index is -1.39. The monoisotopic (exact) mass is 472 g/mol. The van der Waals surface area contributed by atoms with E-state index in [-0.39, 0.29) is 12.8 Å². The standard InChI is InChI=1S/C26H39F3O4/c1-2-3-4-5-6-7-8-9-10-11-12-13-14-19-32-24(30)17-18-25(31)33-20-21-22(27)15-16-23(28)26(21)29/h15-16H,2-14,17-20H2,1H3. The summed E-state index contributed by atoms with van der Waals surface area (Å²) in [5.41, 5.74) is -0.659. The molecule has 0 spiro atoms. The van der Waals surface area contributed by atoms with Crippen molar-refractivity contribution >= 4 is 11.9 Å². The van der Waals surface area contributed by atoms with E-state index in [1.165, 1.54) is 64.2 Å². The van der Waals surface area contributed by atoms with Crippen LogP contribution in [-0.4, -0.2) is 18.5 Å². The van der Waals surface area contributed by atoms with E-state index < -0.39 is 41.6 Å². The maximum Gasteiger partial charge on any atom is 0.306 e. The molecule has 0 aliphatic carbocycles. The molecule has 0 heterocycles. The van der Waals surface area contributed by atoms with Gasteiger partial charge in [-0.3, -0.25) is 9.59 Å². The molecule has 4 nitrogen and oxygen atoms in total. The van der Waals surface area contributed by atoms with Gasteiger partial charge in [0, 0.05) is 0 Å². The Bertz CT molecular complexity index is 694. The van der Waals surface area contributed by atoms with Gasteiger partial charge in [0.1, 0.15) is 12.4 Å². The van der Waals surface area contributed by atoms with Crippen LogP contribution in [-0.2, 0) is 25.7 Å². The van der Waals surface area contributed by atoms with Crippen LogP contribution in [0.25, 0.3) is 0 Å². The van der Waals surface area contributed by atoms with Crippen molar-refractivity contribution in [2.45, 2.75) is 110 Å². The van der Waals surface area contributed by atoms with E-state index in [0.29, 0.717) is 12.7 Å². The summed E-state index contributed by atoms with van der Waals surface area (Å²) < 4.78 is 49.9. The minimum Gasteiger partial charge on any atom is -0.466 e. The lowest BCUT2D eigenvalue weighted by atomic mass is 10.0. The van der Waals surface area contributed by atoms with Gasteiger partial charge in [0.25, 0.3) is 0 Å². The van der Waals surface area contributed by atoms with E-state index in [4.69, 9.17) is 9.47 Å². The van der Waals surface area contributed by atoms with Crippen LogP contribution in [0.1, 0.15) is 109 Å². The second-order valence-corrected chi connectivity index (χ2v) is 8.45. The lowest BCUT2D eigenvalue weighted by molar-refractivity contribution is -0.151. The molecule has 1 rings (SSSR count). The Labute approximate surface area is 196 Å². The molecular formula is C26H39F3O4. The van der Waals surface area contributed by atoms with Crippen molar-refractivity contribution in [1.29, 1.82) is 0 Å². The molecule has 0 aliphatic heterocycles. The molecule has 0 unspecified atom stereocenters. The third kappa shape index (κ3) is 14.0. The van der Waals surface area contributed by atoms with Crippen LogP contribution in [0.3, 0.4) is 0 Å². The predicted molar refractivity (Wildman–Crippen MR) is 122 cm³/mol. The van der Waals surface area contributed by atoms with Gasteiger partial charge in [0.15, 0.2) is 11.6 Å². The SMILES string of the molecule is CCCCCCCCCCCCCCCOC(=O)CCC(=O)OCc1c(F)ccc(F)c1F. The van der Waals surface area contributed by atoms with Crippen LogP contribution in [0.4, 0.5) is 13.2 Å². The largest absolute Gasteiger partial charge is 0.466 e. The van der Waals surface area contributed by atoms with Gasteiger partial charge in [-0.15, -0.1) is 0 Å². The molecule has 0 N–H and O–H groups in total. The second kappa shape index (κ2) is 18.4. The Balaban J connectivity index is 1.96. The zero-order valence-corrected chi connectivity index (χ0v) is 19.9. The highest BCUT2D eigenvalue weighted by Crippen LogP contribution is 2.17. The number of hydrogen-bond donors (Lipinski definition) is 0. The highest BCUT2D eigenvalue weighted by molar-refractivity contribution is 5.77. The Morgan fingerprint density at radius 3 is 1.67 bits per heavy atom. The predicted octanol–water partition coefficient (Wildman–Crippen LogP) is 7.56. The lowest BCUT2D eigenvalue weighted by Crippen LogP contribution is -2.12. The van der Waals surface area contributed by atoms with Gasteiger partial charge in [-0.1, -0.05) is 84.0 Å². The molecule has 1 aromatic rings. The maximum atomic E-state index is 13.5. The van der Waals surface area contributed by atoms with Crippen LogP contribution in [0.2, 0.25) is 0 Å². The van der Waals surface area contributed by atoms with E-state index in [1.807, 2.05) is 0 Å². The molecule has 188 valence electrons. The van der Waals surface area contributed by atoms with Crippen molar-refractivity contribution in [3.8, 4) is 0 Å². The number of carbonyl (C=O) groups is 2. The van der Waals surface area contributed by atoms with Gasteiger partial charge in [0.05, 0.1) is 25.0 Å². The van der Waals surface area contributed by atoms with E-state index in [9.17, 15) is 22.8 Å². The molecule has 0 aromatic heterocycles. The van der Waals surface area contributed by atoms with Crippen LogP contribution < -0.4 is 0 Å². The smallest absolute Gasteiger partial charge is 0.306 e. The first-order valence-corrected chi connectivity index (χ1v) is 12.4. The molecule has 0 saturated heterocycles. The fourth-order valence-corrected chi connectivity index (χ4v) is 3.51. The Hall–Kier alpha value is -2.05. The second-order valence-electron chi connectivity index (χ2n) is 8.45. The Morgan fingerprint density at radius 2 is 1.12 bits per heavy atom. The quantitative estimate of drug-likeness (QED) is 0.118. The van der Waals surface area contributed by atoms with Gasteiger partial charge < -0.3 is 9.47 Å². The van der Waals surface area contributed by atoms with Crippen molar-refractivity contribution in [3.05, 3.63) is 35.1 Å². The minimum absolute atomic E-state index is 0.175. The zero-order chi connectivity index (χ0) is 24.3. The van der Waals surface area contributed by atoms with E-state index >= 15 is 0 Å². The average Bonchev–Trinajstić information content (AvgIpc) is 2.80. The normalized spacial score (nSPS) is 10.9. The van der Waals surface area contributed by atoms with E-state index in [0.717, 1.165) is 25.3 Å². The van der Waals surface area contributed by atoms with Gasteiger partial charge in [-0.25, -0.2) is 13.2 Å². The first kappa shape index (κ1) is 29.0. The van der Waals surface area contributed by atoms with Crippen LogP contribution in [0.5, 0.6) is 0 Å². The summed E-state index contributed by atoms with van der Waals surface area (Å²) in [6, 6.07) is 1.42. The summed E-state index contributed by atoms with van der Waals surface area (Å²) in [5, 5.41) is 0. The maximum absolute atomic E-state index is 13.5. The molecule has 33 heavy (non-hydrogen) atoms. The van der Waals surface area contributed by atoms with E-state index in [2.05, 4.69) is 6.92 Å². The summed E-state index contributed by atoms with van der Waals surface area (Å²) in [6.07, 6.45) is 15.6. The van der Waals surface area contributed by atoms with Gasteiger partial charge in [-0.05, 0) is 18.6 Å². The van der Waals surface area contributed by atoms with Crippen LogP contribution in [0.15, 0.2) is 12.1 Å². The number of esters is 2. The summed E-state index contributed by atoms with van der Waals surface area (Å²) in [4.78, 5) is 23.4. The number of ether oxygens (including phenoxy) is 2. The highest BCUT2D eigenvalue weighted by Gasteiger charge is 2.16. The Morgan fingerprint density at radius 1 is 0.667 bits per heavy atom. The van der Waals surface area contributed by atoms with Gasteiger partial charge >= 0.3 is 11.9 Å². The van der Waals surface area contributed by atoms with Gasteiger partial charge in [-0.2, -0.15) is 0 Å². The zero-order valence-electron chi connectivity index (χ0n) is 19.9. The number of hydrogen-bond acceptors (Lipinski definition) is 4. The van der Waals surface area contributed by atoms with Crippen LogP contribution in [0, 0.1) is 17.5 Å². The molecule has 0 aliphatic rings. The van der Waals surface area contributed by atoms with E-state index in [1.54, 1.807) is 0 Å². The third-order valence-corrected chi connectivity index (χ3v) is 5.56. The first-order valence-electron chi connectivity index (χ1n) is 12.4. The number of halogens is 3. The third-order valence-electron chi connectivity index (χ3n) is 5.56. The van der Waals surface area contributed by atoms with Crippen molar-refractivity contribution in [2.24, 2.45) is 0 Å². The lowest BCUT2D eigenvalue weighted by Gasteiger charge is -2.08. The number of rotatable bonds is 19. The Kier molecular flexibility index (Phi) is 16.1. The number of carbonyl (C=O) groups excluding carboxylic acids is 2. The fourth-order valence-electron chi connectivity index (χ4n) is 3.51. The molecule has 1 aromatic carbocycles.